The van der Waals surface area contributed by atoms with E-state index in [4.69, 9.17) is 10.8 Å². The van der Waals surface area contributed by atoms with Crippen LogP contribution in [-0.2, 0) is 11.3 Å². The van der Waals surface area contributed by atoms with Crippen molar-refractivity contribution in [1.29, 1.82) is 0 Å². The van der Waals surface area contributed by atoms with Crippen LogP contribution in [0.25, 0.3) is 0 Å². The number of carbonyl (C=O) groups is 1. The van der Waals surface area contributed by atoms with Crippen LogP contribution < -0.4 is 5.73 Å². The maximum atomic E-state index is 10.9. The van der Waals surface area contributed by atoms with Gasteiger partial charge in [0.2, 0.25) is 0 Å². The largest absolute Gasteiger partial charge is 0.480 e. The van der Waals surface area contributed by atoms with Crippen molar-refractivity contribution in [2.45, 2.75) is 18.5 Å². The molecule has 6 heteroatoms. The maximum Gasteiger partial charge on any atom is 0.325 e. The van der Waals surface area contributed by atoms with Gasteiger partial charge < -0.3 is 10.8 Å². The lowest BCUT2D eigenvalue weighted by atomic mass is 10.0. The Morgan fingerprint density at radius 2 is 2.44 bits per heavy atom. The molecule has 6 nitrogen and oxygen atoms in total. The Morgan fingerprint density at radius 3 is 3.00 bits per heavy atom. The van der Waals surface area contributed by atoms with Gasteiger partial charge in [-0.1, -0.05) is 0 Å². The van der Waals surface area contributed by atoms with Gasteiger partial charge in [0.05, 0.1) is 5.69 Å². The van der Waals surface area contributed by atoms with Crippen LogP contribution in [0.2, 0.25) is 0 Å². The maximum absolute atomic E-state index is 10.9. The second-order valence-electron chi connectivity index (χ2n) is 4.12. The Bertz CT molecular complexity index is 384. The number of hydrogen-bond acceptors (Lipinski definition) is 5. The summed E-state index contributed by atoms with van der Waals surface area (Å²) in [6.07, 6.45) is 5.39. The summed E-state index contributed by atoms with van der Waals surface area (Å²) in [5.74, 6) is -0.936. The number of rotatable bonds is 3. The molecule has 1 aromatic rings. The Morgan fingerprint density at radius 1 is 1.62 bits per heavy atom. The fourth-order valence-corrected chi connectivity index (χ4v) is 1.86. The number of nitrogens with zero attached hydrogens (tertiary/aromatic N) is 3. The van der Waals surface area contributed by atoms with E-state index in [0.717, 1.165) is 5.69 Å². The molecule has 0 aliphatic carbocycles. The Hall–Kier alpha value is -1.53. The quantitative estimate of drug-likeness (QED) is 0.714. The zero-order valence-electron chi connectivity index (χ0n) is 8.83. The van der Waals surface area contributed by atoms with Crippen LogP contribution in [0.3, 0.4) is 0 Å². The highest BCUT2D eigenvalue weighted by Gasteiger charge is 2.41. The highest BCUT2D eigenvalue weighted by atomic mass is 16.4. The predicted octanol–water partition coefficient (Wildman–Crippen LogP) is -0.536. The van der Waals surface area contributed by atoms with E-state index >= 15 is 0 Å². The van der Waals surface area contributed by atoms with Crippen molar-refractivity contribution in [3.8, 4) is 0 Å². The fourth-order valence-electron chi connectivity index (χ4n) is 1.86. The highest BCUT2D eigenvalue weighted by Crippen LogP contribution is 2.20. The van der Waals surface area contributed by atoms with Gasteiger partial charge in [-0.15, -0.1) is 0 Å². The summed E-state index contributed by atoms with van der Waals surface area (Å²) in [5, 5.41) is 8.98. The Balaban J connectivity index is 1.98. The number of hydrogen-bond donors (Lipinski definition) is 2. The molecular formula is C10H14N4O2. The molecule has 16 heavy (non-hydrogen) atoms. The van der Waals surface area contributed by atoms with Crippen LogP contribution in [0, 0.1) is 0 Å². The van der Waals surface area contributed by atoms with Crippen LogP contribution in [0.1, 0.15) is 12.1 Å². The van der Waals surface area contributed by atoms with Crippen LogP contribution in [-0.4, -0.2) is 44.6 Å². The third kappa shape index (κ3) is 2.17. The normalized spacial score (nSPS) is 25.8. The molecule has 1 fully saturated rings. The molecule has 1 saturated heterocycles. The summed E-state index contributed by atoms with van der Waals surface area (Å²) in [6.45, 7) is 1.64. The predicted molar refractivity (Wildman–Crippen MR) is 56.5 cm³/mol. The summed E-state index contributed by atoms with van der Waals surface area (Å²) < 4.78 is 0. The van der Waals surface area contributed by atoms with Gasteiger partial charge in [0.15, 0.2) is 0 Å². The van der Waals surface area contributed by atoms with E-state index in [1.807, 2.05) is 4.90 Å². The Kier molecular flexibility index (Phi) is 2.84. The van der Waals surface area contributed by atoms with E-state index in [9.17, 15) is 4.79 Å². The standard InChI is InChI=1S/C10H14N4O2/c11-10(9(15)16)1-4-14(7-10)6-8-5-12-2-3-13-8/h2-3,5H,1,4,6-7,11H2,(H,15,16). The van der Waals surface area contributed by atoms with Crippen molar-refractivity contribution in [1.82, 2.24) is 14.9 Å². The lowest BCUT2D eigenvalue weighted by molar-refractivity contribution is -0.142. The van der Waals surface area contributed by atoms with E-state index < -0.39 is 11.5 Å². The van der Waals surface area contributed by atoms with Gasteiger partial charge in [-0.2, -0.15) is 0 Å². The minimum absolute atomic E-state index is 0.360. The molecule has 0 spiro atoms. The first-order chi connectivity index (χ1) is 7.60. The van der Waals surface area contributed by atoms with Gasteiger partial charge in [0, 0.05) is 38.2 Å². The van der Waals surface area contributed by atoms with Crippen molar-refractivity contribution in [2.75, 3.05) is 13.1 Å². The second kappa shape index (κ2) is 4.15. The minimum Gasteiger partial charge on any atom is -0.480 e. The average molecular weight is 222 g/mol. The zero-order chi connectivity index (χ0) is 11.6. The van der Waals surface area contributed by atoms with Crippen LogP contribution in [0.5, 0.6) is 0 Å². The summed E-state index contributed by atoms with van der Waals surface area (Å²) in [6, 6.07) is 0. The number of likely N-dealkylation sites (tertiary alicyclic amines) is 1. The molecule has 1 unspecified atom stereocenters. The number of aromatic nitrogens is 2. The van der Waals surface area contributed by atoms with Crippen LogP contribution >= 0.6 is 0 Å². The summed E-state index contributed by atoms with van der Waals surface area (Å²) >= 11 is 0. The molecule has 2 heterocycles. The summed E-state index contributed by atoms with van der Waals surface area (Å²) in [4.78, 5) is 21.0. The van der Waals surface area contributed by atoms with Crippen molar-refractivity contribution < 1.29 is 9.90 Å². The van der Waals surface area contributed by atoms with Crippen LogP contribution in [0.4, 0.5) is 0 Å². The van der Waals surface area contributed by atoms with Gasteiger partial charge >= 0.3 is 5.97 Å². The van der Waals surface area contributed by atoms with Gasteiger partial charge in [-0.25, -0.2) is 0 Å². The lowest BCUT2D eigenvalue weighted by Gasteiger charge is -2.19. The van der Waals surface area contributed by atoms with E-state index in [-0.39, 0.29) is 0 Å². The first kappa shape index (κ1) is 11.0. The van der Waals surface area contributed by atoms with E-state index in [0.29, 0.717) is 26.1 Å². The molecule has 0 saturated carbocycles. The SMILES string of the molecule is NC1(C(=O)O)CCN(Cc2cnccn2)C1. The summed E-state index contributed by atoms with van der Waals surface area (Å²) in [5.41, 5.74) is 5.49. The first-order valence-corrected chi connectivity index (χ1v) is 5.10. The summed E-state index contributed by atoms with van der Waals surface area (Å²) in [7, 11) is 0. The zero-order valence-corrected chi connectivity index (χ0v) is 8.83. The second-order valence-corrected chi connectivity index (χ2v) is 4.12. The van der Waals surface area contributed by atoms with Crippen LogP contribution in [0.15, 0.2) is 18.6 Å². The molecule has 3 N–H and O–H groups in total. The molecule has 1 atom stereocenters. The fraction of sp³-hybridized carbons (Fsp3) is 0.500. The van der Waals surface area contributed by atoms with Gasteiger partial charge in [0.1, 0.15) is 5.54 Å². The molecule has 2 rings (SSSR count). The third-order valence-electron chi connectivity index (χ3n) is 2.81. The molecular weight excluding hydrogens is 208 g/mol. The molecule has 0 amide bonds. The van der Waals surface area contributed by atoms with Gasteiger partial charge in [-0.05, 0) is 6.42 Å². The monoisotopic (exact) mass is 222 g/mol. The molecule has 0 radical (unpaired) electrons. The van der Waals surface area contributed by atoms with Crippen molar-refractivity contribution in [2.24, 2.45) is 5.73 Å². The number of nitrogens with two attached hydrogens (primary N) is 1. The minimum atomic E-state index is -1.11. The number of aliphatic carboxylic acids is 1. The molecule has 1 aliphatic rings. The molecule has 0 bridgehead atoms. The van der Waals surface area contributed by atoms with E-state index in [1.54, 1.807) is 18.6 Å². The first-order valence-electron chi connectivity index (χ1n) is 5.10. The molecule has 1 aromatic heterocycles. The average Bonchev–Trinajstić information content (AvgIpc) is 2.63. The highest BCUT2D eigenvalue weighted by molar-refractivity contribution is 5.79. The number of carboxylic acids is 1. The topological polar surface area (TPSA) is 92.3 Å². The van der Waals surface area contributed by atoms with Crippen molar-refractivity contribution in [3.05, 3.63) is 24.3 Å². The van der Waals surface area contributed by atoms with Crippen molar-refractivity contribution >= 4 is 5.97 Å². The molecule has 0 aromatic carbocycles. The lowest BCUT2D eigenvalue weighted by Crippen LogP contribution is -2.50. The third-order valence-corrected chi connectivity index (χ3v) is 2.81. The van der Waals surface area contributed by atoms with Gasteiger partial charge in [0.25, 0.3) is 0 Å². The Labute approximate surface area is 93.1 Å². The van der Waals surface area contributed by atoms with Gasteiger partial charge in [-0.3, -0.25) is 19.7 Å². The molecule has 1 aliphatic heterocycles. The smallest absolute Gasteiger partial charge is 0.325 e. The van der Waals surface area contributed by atoms with E-state index in [1.165, 1.54) is 0 Å². The number of carboxylic acid groups (broad SMARTS) is 1. The van der Waals surface area contributed by atoms with Crippen molar-refractivity contribution in [3.63, 3.8) is 0 Å². The van der Waals surface area contributed by atoms with E-state index in [2.05, 4.69) is 9.97 Å². The molecule has 86 valence electrons.